The SMILES string of the molecule is CC1CCC(CNCc2ccccc2/C(N)=N/O)C1. The Morgan fingerprint density at radius 1 is 1.42 bits per heavy atom. The van der Waals surface area contributed by atoms with Crippen molar-refractivity contribution in [1.82, 2.24) is 5.32 Å². The number of rotatable bonds is 5. The normalized spacial score (nSPS) is 23.7. The Kier molecular flexibility index (Phi) is 4.80. The molecule has 4 N–H and O–H groups in total. The molecule has 0 radical (unpaired) electrons. The fraction of sp³-hybridized carbons (Fsp3) is 0.533. The Bertz CT molecular complexity index is 445. The van der Waals surface area contributed by atoms with Crippen molar-refractivity contribution >= 4 is 5.84 Å². The zero-order valence-corrected chi connectivity index (χ0v) is 11.5. The standard InChI is InChI=1S/C15H23N3O/c1-11-6-7-12(8-11)9-17-10-13-4-2-3-5-14(13)15(16)18-19/h2-5,11-12,17,19H,6-10H2,1H3,(H2,16,18). The second kappa shape index (κ2) is 6.57. The molecule has 0 spiro atoms. The maximum absolute atomic E-state index is 8.78. The van der Waals surface area contributed by atoms with Crippen LogP contribution in [0.4, 0.5) is 0 Å². The van der Waals surface area contributed by atoms with Crippen LogP contribution in [-0.2, 0) is 6.54 Å². The molecule has 2 unspecified atom stereocenters. The average Bonchev–Trinajstić information content (AvgIpc) is 2.84. The molecule has 0 bridgehead atoms. The van der Waals surface area contributed by atoms with E-state index in [1.165, 1.54) is 19.3 Å². The van der Waals surface area contributed by atoms with E-state index in [1.54, 1.807) is 0 Å². The van der Waals surface area contributed by atoms with E-state index in [0.29, 0.717) is 0 Å². The van der Waals surface area contributed by atoms with E-state index < -0.39 is 0 Å². The Hall–Kier alpha value is -1.55. The molecule has 104 valence electrons. The summed E-state index contributed by atoms with van der Waals surface area (Å²) < 4.78 is 0. The highest BCUT2D eigenvalue weighted by Crippen LogP contribution is 2.29. The number of nitrogens with two attached hydrogens (primary N) is 1. The molecule has 4 nitrogen and oxygen atoms in total. The van der Waals surface area contributed by atoms with Gasteiger partial charge in [0.1, 0.15) is 0 Å². The van der Waals surface area contributed by atoms with Crippen LogP contribution in [0.3, 0.4) is 0 Å². The van der Waals surface area contributed by atoms with Gasteiger partial charge in [-0.1, -0.05) is 42.8 Å². The number of nitrogens with zero attached hydrogens (tertiary/aromatic N) is 1. The van der Waals surface area contributed by atoms with Crippen LogP contribution in [0, 0.1) is 11.8 Å². The van der Waals surface area contributed by atoms with E-state index in [9.17, 15) is 0 Å². The third kappa shape index (κ3) is 3.70. The summed E-state index contributed by atoms with van der Waals surface area (Å²) >= 11 is 0. The van der Waals surface area contributed by atoms with Gasteiger partial charge < -0.3 is 16.3 Å². The minimum absolute atomic E-state index is 0.173. The van der Waals surface area contributed by atoms with E-state index in [0.717, 1.165) is 36.1 Å². The van der Waals surface area contributed by atoms with Crippen molar-refractivity contribution in [3.63, 3.8) is 0 Å². The zero-order chi connectivity index (χ0) is 13.7. The predicted octanol–water partition coefficient (Wildman–Crippen LogP) is 2.31. The first-order valence-electron chi connectivity index (χ1n) is 6.97. The Labute approximate surface area is 114 Å². The molecule has 1 fully saturated rings. The van der Waals surface area contributed by atoms with Crippen molar-refractivity contribution in [2.45, 2.75) is 32.7 Å². The van der Waals surface area contributed by atoms with Crippen LogP contribution in [0.5, 0.6) is 0 Å². The van der Waals surface area contributed by atoms with Gasteiger partial charge >= 0.3 is 0 Å². The van der Waals surface area contributed by atoms with Gasteiger partial charge in [0, 0.05) is 12.1 Å². The van der Waals surface area contributed by atoms with Gasteiger partial charge in [-0.2, -0.15) is 0 Å². The van der Waals surface area contributed by atoms with Crippen LogP contribution >= 0.6 is 0 Å². The molecule has 0 saturated heterocycles. The topological polar surface area (TPSA) is 70.6 Å². The maximum Gasteiger partial charge on any atom is 0.170 e. The van der Waals surface area contributed by atoms with Crippen molar-refractivity contribution in [2.24, 2.45) is 22.7 Å². The predicted molar refractivity (Wildman–Crippen MR) is 77.2 cm³/mol. The number of hydrogen-bond acceptors (Lipinski definition) is 3. The summed E-state index contributed by atoms with van der Waals surface area (Å²) in [6.45, 7) is 4.14. The van der Waals surface area contributed by atoms with Crippen LogP contribution in [0.15, 0.2) is 29.4 Å². The molecule has 0 aliphatic heterocycles. The number of oxime groups is 1. The number of hydrogen-bond donors (Lipinski definition) is 3. The smallest absolute Gasteiger partial charge is 0.170 e. The zero-order valence-electron chi connectivity index (χ0n) is 11.5. The minimum Gasteiger partial charge on any atom is -0.409 e. The summed E-state index contributed by atoms with van der Waals surface area (Å²) in [5.74, 6) is 1.84. The summed E-state index contributed by atoms with van der Waals surface area (Å²) in [6.07, 6.45) is 4.01. The van der Waals surface area contributed by atoms with Gasteiger partial charge in [0.25, 0.3) is 0 Å². The van der Waals surface area contributed by atoms with Gasteiger partial charge in [-0.15, -0.1) is 0 Å². The van der Waals surface area contributed by atoms with Gasteiger partial charge in [0.15, 0.2) is 5.84 Å². The fourth-order valence-corrected chi connectivity index (χ4v) is 2.90. The lowest BCUT2D eigenvalue weighted by Gasteiger charge is -2.13. The molecular weight excluding hydrogens is 238 g/mol. The molecule has 1 aromatic carbocycles. The van der Waals surface area contributed by atoms with Gasteiger partial charge in [-0.3, -0.25) is 0 Å². The van der Waals surface area contributed by atoms with Crippen molar-refractivity contribution in [3.05, 3.63) is 35.4 Å². The third-order valence-corrected chi connectivity index (χ3v) is 3.95. The van der Waals surface area contributed by atoms with E-state index in [-0.39, 0.29) is 5.84 Å². The fourth-order valence-electron chi connectivity index (χ4n) is 2.90. The summed E-state index contributed by atoms with van der Waals surface area (Å²) in [5.41, 5.74) is 7.56. The summed E-state index contributed by atoms with van der Waals surface area (Å²) in [4.78, 5) is 0. The molecule has 1 aliphatic carbocycles. The Morgan fingerprint density at radius 2 is 2.21 bits per heavy atom. The lowest BCUT2D eigenvalue weighted by molar-refractivity contribution is 0.318. The Balaban J connectivity index is 1.89. The van der Waals surface area contributed by atoms with Crippen LogP contribution in [0.25, 0.3) is 0 Å². The quantitative estimate of drug-likeness (QED) is 0.330. The van der Waals surface area contributed by atoms with E-state index in [4.69, 9.17) is 10.9 Å². The Morgan fingerprint density at radius 3 is 2.89 bits per heavy atom. The molecule has 1 aliphatic rings. The molecule has 0 aromatic heterocycles. The first-order valence-corrected chi connectivity index (χ1v) is 6.97. The first-order chi connectivity index (χ1) is 9.20. The monoisotopic (exact) mass is 261 g/mol. The highest BCUT2D eigenvalue weighted by molar-refractivity contribution is 5.98. The molecule has 0 amide bonds. The van der Waals surface area contributed by atoms with Gasteiger partial charge in [0.05, 0.1) is 0 Å². The molecule has 2 atom stereocenters. The summed E-state index contributed by atoms with van der Waals surface area (Å²) in [6, 6.07) is 7.76. The van der Waals surface area contributed by atoms with Gasteiger partial charge in [-0.25, -0.2) is 0 Å². The first kappa shape index (κ1) is 13.9. The molecule has 1 aromatic rings. The third-order valence-electron chi connectivity index (χ3n) is 3.95. The van der Waals surface area contributed by atoms with Crippen LogP contribution in [-0.4, -0.2) is 17.6 Å². The second-order valence-electron chi connectivity index (χ2n) is 5.56. The lowest BCUT2D eigenvalue weighted by atomic mass is 10.0. The highest BCUT2D eigenvalue weighted by atomic mass is 16.4. The second-order valence-corrected chi connectivity index (χ2v) is 5.56. The number of benzene rings is 1. The van der Waals surface area contributed by atoms with Crippen LogP contribution < -0.4 is 11.1 Å². The van der Waals surface area contributed by atoms with Crippen molar-refractivity contribution in [1.29, 1.82) is 0 Å². The van der Waals surface area contributed by atoms with Gasteiger partial charge in [-0.05, 0) is 36.8 Å². The van der Waals surface area contributed by atoms with Crippen molar-refractivity contribution in [3.8, 4) is 0 Å². The molecule has 19 heavy (non-hydrogen) atoms. The molecular formula is C15H23N3O. The molecule has 1 saturated carbocycles. The number of nitrogens with one attached hydrogen (secondary N) is 1. The molecule has 2 rings (SSSR count). The van der Waals surface area contributed by atoms with E-state index >= 15 is 0 Å². The van der Waals surface area contributed by atoms with Gasteiger partial charge in [0.2, 0.25) is 0 Å². The largest absolute Gasteiger partial charge is 0.409 e. The minimum atomic E-state index is 0.173. The van der Waals surface area contributed by atoms with Crippen molar-refractivity contribution in [2.75, 3.05) is 6.54 Å². The van der Waals surface area contributed by atoms with E-state index in [2.05, 4.69) is 17.4 Å². The average molecular weight is 261 g/mol. The maximum atomic E-state index is 8.78. The molecule has 0 heterocycles. The highest BCUT2D eigenvalue weighted by Gasteiger charge is 2.20. The summed E-state index contributed by atoms with van der Waals surface area (Å²) in [7, 11) is 0. The molecule has 4 heteroatoms. The number of amidine groups is 1. The lowest BCUT2D eigenvalue weighted by Crippen LogP contribution is -2.23. The van der Waals surface area contributed by atoms with E-state index in [1.807, 2.05) is 24.3 Å². The van der Waals surface area contributed by atoms with Crippen molar-refractivity contribution < 1.29 is 5.21 Å². The summed E-state index contributed by atoms with van der Waals surface area (Å²) in [5, 5.41) is 15.4. The van der Waals surface area contributed by atoms with Crippen LogP contribution in [0.1, 0.15) is 37.3 Å². The van der Waals surface area contributed by atoms with Crippen LogP contribution in [0.2, 0.25) is 0 Å².